The molecule has 1 aliphatic rings. The van der Waals surface area contributed by atoms with Crippen molar-refractivity contribution in [2.24, 2.45) is 11.3 Å². The molecule has 0 aromatic carbocycles. The van der Waals surface area contributed by atoms with E-state index >= 15 is 0 Å². The highest BCUT2D eigenvalue weighted by molar-refractivity contribution is 5.78. The summed E-state index contributed by atoms with van der Waals surface area (Å²) in [4.78, 5) is 39.2. The Bertz CT molecular complexity index is 608. The molecule has 0 aromatic rings. The van der Waals surface area contributed by atoms with Gasteiger partial charge in [0.05, 0.1) is 24.5 Å². The molecule has 2 atom stereocenters. The third-order valence-electron chi connectivity index (χ3n) is 7.44. The summed E-state index contributed by atoms with van der Waals surface area (Å²) >= 11 is 0. The molecule has 0 saturated carbocycles. The van der Waals surface area contributed by atoms with Gasteiger partial charge in [0, 0.05) is 13.0 Å². The minimum Gasteiger partial charge on any atom is -0.465 e. The van der Waals surface area contributed by atoms with Gasteiger partial charge in [-0.25, -0.2) is 0 Å². The zero-order chi connectivity index (χ0) is 25.9. The van der Waals surface area contributed by atoms with Crippen LogP contribution in [-0.2, 0) is 23.9 Å². The summed E-state index contributed by atoms with van der Waals surface area (Å²) in [5, 5.41) is 0. The number of unbranched alkanes of at least 4 members (excludes halogenated alkanes) is 9. The molecule has 1 fully saturated rings. The van der Waals surface area contributed by atoms with Gasteiger partial charge in [-0.1, -0.05) is 85.0 Å². The van der Waals surface area contributed by atoms with Crippen LogP contribution >= 0.6 is 0 Å². The summed E-state index contributed by atoms with van der Waals surface area (Å²) in [6, 6.07) is 0. The molecule has 6 nitrogen and oxygen atoms in total. The number of nitrogens with zero attached hydrogens (tertiary/aromatic N) is 1. The van der Waals surface area contributed by atoms with Crippen LogP contribution in [0.4, 0.5) is 0 Å². The molecule has 2 unspecified atom stereocenters. The third-order valence-corrected chi connectivity index (χ3v) is 7.44. The smallest absolute Gasteiger partial charge is 0.311 e. The van der Waals surface area contributed by atoms with Gasteiger partial charge in [-0.2, -0.15) is 0 Å². The Morgan fingerprint density at radius 3 is 2.14 bits per heavy atom. The minimum atomic E-state index is -0.697. The highest BCUT2D eigenvalue weighted by Crippen LogP contribution is 2.32. The fourth-order valence-electron chi connectivity index (χ4n) is 4.73. The van der Waals surface area contributed by atoms with Crippen molar-refractivity contribution >= 4 is 17.8 Å². The largest absolute Gasteiger partial charge is 0.465 e. The van der Waals surface area contributed by atoms with Gasteiger partial charge in [0.1, 0.15) is 6.61 Å². The zero-order valence-corrected chi connectivity index (χ0v) is 23.2. The Morgan fingerprint density at radius 2 is 1.51 bits per heavy atom. The number of amides is 1. The highest BCUT2D eigenvalue weighted by atomic mass is 16.5. The lowest BCUT2D eigenvalue weighted by Crippen LogP contribution is -2.36. The van der Waals surface area contributed by atoms with Crippen LogP contribution in [0.25, 0.3) is 0 Å². The van der Waals surface area contributed by atoms with Crippen molar-refractivity contribution in [3.8, 4) is 0 Å². The molecular weight excluding hydrogens is 442 g/mol. The lowest BCUT2D eigenvalue weighted by atomic mass is 9.79. The quantitative estimate of drug-likeness (QED) is 0.145. The summed E-state index contributed by atoms with van der Waals surface area (Å²) in [5.74, 6) is -0.778. The van der Waals surface area contributed by atoms with Gasteiger partial charge in [-0.15, -0.1) is 0 Å². The van der Waals surface area contributed by atoms with E-state index in [0.29, 0.717) is 32.4 Å². The summed E-state index contributed by atoms with van der Waals surface area (Å²) in [7, 11) is 0. The van der Waals surface area contributed by atoms with Gasteiger partial charge >= 0.3 is 11.9 Å². The first-order chi connectivity index (χ1) is 16.8. The van der Waals surface area contributed by atoms with Crippen LogP contribution < -0.4 is 0 Å². The van der Waals surface area contributed by atoms with Gasteiger partial charge < -0.3 is 14.4 Å². The first-order valence-electron chi connectivity index (χ1n) is 14.5. The minimum absolute atomic E-state index is 0.148. The molecule has 1 heterocycles. The lowest BCUT2D eigenvalue weighted by Gasteiger charge is -2.28. The van der Waals surface area contributed by atoms with E-state index in [0.717, 1.165) is 38.6 Å². The SMILES string of the molecule is CCCCCCCCCCCCOC(=O)C(C)(CC)CC(C)C(=O)OCCN1CCCCCC1=O. The van der Waals surface area contributed by atoms with Crippen LogP contribution in [0.3, 0.4) is 0 Å². The van der Waals surface area contributed by atoms with Gasteiger partial charge in [0.25, 0.3) is 0 Å². The summed E-state index contributed by atoms with van der Waals surface area (Å²) in [6.07, 6.45) is 17.1. The third kappa shape index (κ3) is 13.3. The molecular formula is C29H53NO5. The molecule has 1 amide bonds. The number of carbonyl (C=O) groups is 3. The van der Waals surface area contributed by atoms with Crippen molar-refractivity contribution in [3.05, 3.63) is 0 Å². The number of esters is 2. The van der Waals surface area contributed by atoms with Gasteiger partial charge in [-0.3, -0.25) is 14.4 Å². The van der Waals surface area contributed by atoms with Crippen molar-refractivity contribution in [1.29, 1.82) is 0 Å². The van der Waals surface area contributed by atoms with Crippen LogP contribution in [0.5, 0.6) is 0 Å². The first kappa shape index (κ1) is 31.4. The van der Waals surface area contributed by atoms with E-state index < -0.39 is 11.3 Å². The number of ether oxygens (including phenoxy) is 2. The highest BCUT2D eigenvalue weighted by Gasteiger charge is 2.36. The molecule has 204 valence electrons. The Kier molecular flexibility index (Phi) is 16.8. The number of likely N-dealkylation sites (tertiary alicyclic amines) is 1. The molecule has 35 heavy (non-hydrogen) atoms. The van der Waals surface area contributed by atoms with Crippen LogP contribution in [0.15, 0.2) is 0 Å². The predicted molar refractivity (Wildman–Crippen MR) is 141 cm³/mol. The maximum absolute atomic E-state index is 12.8. The summed E-state index contributed by atoms with van der Waals surface area (Å²) < 4.78 is 11.1. The molecule has 1 saturated heterocycles. The zero-order valence-electron chi connectivity index (χ0n) is 23.2. The fourth-order valence-corrected chi connectivity index (χ4v) is 4.73. The number of carbonyl (C=O) groups excluding carboxylic acids is 3. The van der Waals surface area contributed by atoms with Crippen LogP contribution in [-0.4, -0.2) is 49.0 Å². The maximum atomic E-state index is 12.8. The van der Waals surface area contributed by atoms with E-state index in [-0.39, 0.29) is 24.5 Å². The normalized spacial score (nSPS) is 16.9. The first-order valence-corrected chi connectivity index (χ1v) is 14.5. The van der Waals surface area contributed by atoms with Gasteiger partial charge in [0.2, 0.25) is 5.91 Å². The van der Waals surface area contributed by atoms with Crippen molar-refractivity contribution in [3.63, 3.8) is 0 Å². The Hall–Kier alpha value is -1.59. The number of hydrogen-bond acceptors (Lipinski definition) is 5. The van der Waals surface area contributed by atoms with E-state index in [9.17, 15) is 14.4 Å². The molecule has 0 aliphatic carbocycles. The van der Waals surface area contributed by atoms with E-state index in [1.807, 2.05) is 20.8 Å². The topological polar surface area (TPSA) is 72.9 Å². The standard InChI is InChI=1S/C29H53NO5/c1-5-7-8-9-10-11-12-13-14-18-22-35-28(33)29(4,6-2)24-25(3)27(32)34-23-21-30-20-17-15-16-19-26(30)31/h25H,5-24H2,1-4H3. The van der Waals surface area contributed by atoms with Crippen molar-refractivity contribution < 1.29 is 23.9 Å². The number of hydrogen-bond donors (Lipinski definition) is 0. The van der Waals surface area contributed by atoms with E-state index in [1.54, 1.807) is 4.90 Å². The molecule has 0 spiro atoms. The molecule has 0 aromatic heterocycles. The van der Waals surface area contributed by atoms with Gasteiger partial charge in [0.15, 0.2) is 0 Å². The Labute approximate surface area is 214 Å². The molecule has 1 rings (SSSR count). The van der Waals surface area contributed by atoms with Crippen molar-refractivity contribution in [1.82, 2.24) is 4.90 Å². The lowest BCUT2D eigenvalue weighted by molar-refractivity contribution is -0.159. The second-order valence-corrected chi connectivity index (χ2v) is 10.7. The van der Waals surface area contributed by atoms with E-state index in [4.69, 9.17) is 9.47 Å². The van der Waals surface area contributed by atoms with Gasteiger partial charge in [-0.05, 0) is 39.0 Å². The van der Waals surface area contributed by atoms with Crippen LogP contribution in [0, 0.1) is 11.3 Å². The Morgan fingerprint density at radius 1 is 0.886 bits per heavy atom. The Balaban J connectivity index is 2.24. The summed E-state index contributed by atoms with van der Waals surface area (Å²) in [6.45, 7) is 9.75. The molecule has 6 heteroatoms. The second-order valence-electron chi connectivity index (χ2n) is 10.7. The van der Waals surface area contributed by atoms with Crippen LogP contribution in [0.2, 0.25) is 0 Å². The van der Waals surface area contributed by atoms with Crippen LogP contribution in [0.1, 0.15) is 130 Å². The predicted octanol–water partition coefficient (Wildman–Crippen LogP) is 6.84. The van der Waals surface area contributed by atoms with Crippen molar-refractivity contribution in [2.75, 3.05) is 26.3 Å². The van der Waals surface area contributed by atoms with E-state index in [2.05, 4.69) is 6.92 Å². The average Bonchev–Trinajstić information content (AvgIpc) is 3.05. The molecule has 0 bridgehead atoms. The molecule has 0 N–H and O–H groups in total. The molecule has 1 aliphatic heterocycles. The fraction of sp³-hybridized carbons (Fsp3) is 0.897. The van der Waals surface area contributed by atoms with Crippen molar-refractivity contribution in [2.45, 2.75) is 130 Å². The van der Waals surface area contributed by atoms with E-state index in [1.165, 1.54) is 51.4 Å². The monoisotopic (exact) mass is 495 g/mol. The second kappa shape index (κ2) is 18.6. The maximum Gasteiger partial charge on any atom is 0.311 e. The summed E-state index contributed by atoms with van der Waals surface area (Å²) in [5.41, 5.74) is -0.697. The molecule has 0 radical (unpaired) electrons. The number of rotatable bonds is 19. The average molecular weight is 496 g/mol.